The van der Waals surface area contributed by atoms with Crippen molar-refractivity contribution in [3.63, 3.8) is 0 Å². The summed E-state index contributed by atoms with van der Waals surface area (Å²) in [6, 6.07) is 8.62. The van der Waals surface area contributed by atoms with E-state index >= 15 is 0 Å². The fourth-order valence-corrected chi connectivity index (χ4v) is 6.62. The average molecular weight is 402 g/mol. The number of carbonyl (C=O) groups is 1. The van der Waals surface area contributed by atoms with E-state index in [1.54, 1.807) is 24.3 Å². The molecule has 2 saturated carbocycles. The van der Waals surface area contributed by atoms with Crippen molar-refractivity contribution in [2.24, 2.45) is 17.8 Å². The molecule has 0 aromatic heterocycles. The van der Waals surface area contributed by atoms with Crippen molar-refractivity contribution >= 4 is 15.6 Å². The van der Waals surface area contributed by atoms with Crippen LogP contribution in [0.5, 0.6) is 0 Å². The van der Waals surface area contributed by atoms with Crippen molar-refractivity contribution in [2.75, 3.05) is 5.75 Å². The van der Waals surface area contributed by atoms with Gasteiger partial charge in [-0.25, -0.2) is 8.42 Å². The Morgan fingerprint density at radius 1 is 0.929 bits per heavy atom. The number of carbonyl (C=O) groups excluding carboxylic acids is 1. The summed E-state index contributed by atoms with van der Waals surface area (Å²) in [5.74, 6) is 0.143. The Morgan fingerprint density at radius 3 is 1.89 bits per heavy atom. The minimum atomic E-state index is -3.51. The number of hydrogen-bond acceptors (Lipinski definition) is 4. The molecule has 0 aliphatic heterocycles. The second-order valence-corrected chi connectivity index (χ2v) is 10.7. The molecule has 2 aliphatic rings. The van der Waals surface area contributed by atoms with E-state index in [0.717, 1.165) is 25.7 Å². The smallest absolute Gasteiger partial charge is 0.161 e. The Hall–Kier alpha value is -1.67. The van der Waals surface area contributed by atoms with Crippen molar-refractivity contribution in [3.8, 4) is 6.07 Å². The molecule has 0 atom stereocenters. The lowest BCUT2D eigenvalue weighted by Gasteiger charge is -2.36. The largest absolute Gasteiger partial charge is 0.298 e. The summed E-state index contributed by atoms with van der Waals surface area (Å²) in [6.45, 7) is 0. The first-order valence-electron chi connectivity index (χ1n) is 10.7. The predicted molar refractivity (Wildman–Crippen MR) is 110 cm³/mol. The van der Waals surface area contributed by atoms with Gasteiger partial charge in [-0.3, -0.25) is 4.79 Å². The zero-order valence-electron chi connectivity index (χ0n) is 16.6. The van der Waals surface area contributed by atoms with Crippen LogP contribution in [0.2, 0.25) is 0 Å². The topological polar surface area (TPSA) is 75.0 Å². The van der Waals surface area contributed by atoms with Gasteiger partial charge in [-0.1, -0.05) is 50.7 Å². The van der Waals surface area contributed by atoms with Crippen LogP contribution in [0.1, 0.15) is 75.3 Å². The van der Waals surface area contributed by atoms with Crippen molar-refractivity contribution in [1.29, 1.82) is 5.26 Å². The fraction of sp³-hybridized carbons (Fsp3) is 0.652. The number of ketones is 1. The van der Waals surface area contributed by atoms with Crippen LogP contribution in [0.15, 0.2) is 24.3 Å². The molecule has 1 aromatic carbocycles. The molecule has 2 fully saturated rings. The third-order valence-electron chi connectivity index (χ3n) is 6.52. The van der Waals surface area contributed by atoms with Gasteiger partial charge in [-0.15, -0.1) is 0 Å². The van der Waals surface area contributed by atoms with Gasteiger partial charge in [0.25, 0.3) is 0 Å². The highest BCUT2D eigenvalue weighted by Crippen LogP contribution is 2.40. The highest BCUT2D eigenvalue weighted by Gasteiger charge is 2.37. The number of hydrogen-bond donors (Lipinski definition) is 0. The number of benzene rings is 1. The lowest BCUT2D eigenvalue weighted by molar-refractivity contribution is -0.125. The van der Waals surface area contributed by atoms with Crippen LogP contribution in [-0.4, -0.2) is 20.0 Å². The molecule has 0 N–H and O–H groups in total. The molecule has 0 radical (unpaired) electrons. The summed E-state index contributed by atoms with van der Waals surface area (Å²) in [7, 11) is -3.51. The summed E-state index contributed by atoms with van der Waals surface area (Å²) in [6.07, 6.45) is 11.4. The highest BCUT2D eigenvalue weighted by molar-refractivity contribution is 7.91. The van der Waals surface area contributed by atoms with E-state index in [1.807, 2.05) is 6.07 Å². The van der Waals surface area contributed by atoms with Crippen LogP contribution in [0.4, 0.5) is 0 Å². The zero-order chi connectivity index (χ0) is 20.0. The van der Waals surface area contributed by atoms with E-state index < -0.39 is 9.84 Å². The van der Waals surface area contributed by atoms with Crippen LogP contribution in [0.25, 0.3) is 0 Å². The maximum absolute atomic E-state index is 13.2. The third kappa shape index (κ3) is 5.67. The molecule has 0 unspecified atom stereocenters. The molecule has 28 heavy (non-hydrogen) atoms. The maximum atomic E-state index is 13.2. The molecule has 152 valence electrons. The van der Waals surface area contributed by atoms with Crippen molar-refractivity contribution in [3.05, 3.63) is 35.4 Å². The Labute approximate surface area is 169 Å². The van der Waals surface area contributed by atoms with Crippen molar-refractivity contribution in [2.45, 2.75) is 70.0 Å². The molecule has 0 amide bonds. The van der Waals surface area contributed by atoms with E-state index in [-0.39, 0.29) is 23.2 Å². The molecule has 0 saturated heterocycles. The molecule has 5 heteroatoms. The number of nitrogens with zero attached hydrogens (tertiary/aromatic N) is 1. The fourth-order valence-electron chi connectivity index (χ4n) is 5.19. The second-order valence-electron chi connectivity index (χ2n) is 8.63. The Balaban J connectivity index is 1.70. The van der Waals surface area contributed by atoms with Gasteiger partial charge in [0.1, 0.15) is 5.75 Å². The van der Waals surface area contributed by atoms with Crippen LogP contribution >= 0.6 is 0 Å². The monoisotopic (exact) mass is 401 g/mol. The lowest BCUT2D eigenvalue weighted by atomic mass is 9.68. The first kappa shape index (κ1) is 21.0. The van der Waals surface area contributed by atoms with E-state index in [4.69, 9.17) is 5.26 Å². The molecule has 0 bridgehead atoms. The first-order chi connectivity index (χ1) is 13.5. The van der Waals surface area contributed by atoms with Gasteiger partial charge in [0.15, 0.2) is 15.6 Å². The second kappa shape index (κ2) is 9.69. The van der Waals surface area contributed by atoms with Gasteiger partial charge < -0.3 is 0 Å². The van der Waals surface area contributed by atoms with Crippen LogP contribution < -0.4 is 0 Å². The van der Waals surface area contributed by atoms with Crippen LogP contribution in [0, 0.1) is 29.1 Å². The first-order valence-corrected chi connectivity index (χ1v) is 12.5. The molecule has 2 aliphatic carbocycles. The number of Topliss-reactive ketones (excluding diaryl/α,β-unsaturated/α-hetero) is 1. The summed E-state index contributed by atoms with van der Waals surface area (Å²) in [5, 5.41) is 8.88. The summed E-state index contributed by atoms with van der Waals surface area (Å²) >= 11 is 0. The summed E-state index contributed by atoms with van der Waals surface area (Å²) in [4.78, 5) is 13.2. The van der Waals surface area contributed by atoms with Gasteiger partial charge in [0.2, 0.25) is 0 Å². The van der Waals surface area contributed by atoms with Gasteiger partial charge in [-0.05, 0) is 55.2 Å². The molecule has 4 nitrogen and oxygen atoms in total. The predicted octanol–water partition coefficient (Wildman–Crippen LogP) is 4.82. The van der Waals surface area contributed by atoms with Gasteiger partial charge in [-0.2, -0.15) is 5.26 Å². The van der Waals surface area contributed by atoms with Gasteiger partial charge >= 0.3 is 0 Å². The van der Waals surface area contributed by atoms with Crippen LogP contribution in [-0.2, 0) is 20.4 Å². The SMILES string of the molecule is N#Cc1ccc(CS(=O)(=O)CC(=O)C(C2CCCCC2)C2CCCCC2)cc1. The van der Waals surface area contributed by atoms with Crippen molar-refractivity contribution in [1.82, 2.24) is 0 Å². The third-order valence-corrected chi connectivity index (χ3v) is 8.02. The Kier molecular flexibility index (Phi) is 7.29. The van der Waals surface area contributed by atoms with E-state index in [0.29, 0.717) is 23.0 Å². The minimum absolute atomic E-state index is 0.0487. The molecular weight excluding hydrogens is 370 g/mol. The van der Waals surface area contributed by atoms with E-state index in [9.17, 15) is 13.2 Å². The maximum Gasteiger partial charge on any atom is 0.161 e. The zero-order valence-corrected chi connectivity index (χ0v) is 17.4. The summed E-state index contributed by atoms with van der Waals surface area (Å²) in [5.41, 5.74) is 1.14. The van der Waals surface area contributed by atoms with E-state index in [1.165, 1.54) is 38.5 Å². The Morgan fingerprint density at radius 2 is 1.43 bits per heavy atom. The lowest BCUT2D eigenvalue weighted by Crippen LogP contribution is -2.37. The average Bonchev–Trinajstić information content (AvgIpc) is 2.69. The standard InChI is InChI=1S/C23H31NO3S/c24-15-18-11-13-19(14-12-18)16-28(26,27)17-22(25)23(20-7-3-1-4-8-20)21-9-5-2-6-10-21/h11-14,20-21,23H,1-10,16-17H2. The quantitative estimate of drug-likeness (QED) is 0.656. The number of rotatable bonds is 7. The normalized spacial score (nSPS) is 19.4. The highest BCUT2D eigenvalue weighted by atomic mass is 32.2. The molecule has 0 spiro atoms. The van der Waals surface area contributed by atoms with Gasteiger partial charge in [0.05, 0.1) is 17.4 Å². The molecule has 0 heterocycles. The van der Waals surface area contributed by atoms with Gasteiger partial charge in [0, 0.05) is 5.92 Å². The minimum Gasteiger partial charge on any atom is -0.298 e. The van der Waals surface area contributed by atoms with E-state index in [2.05, 4.69) is 0 Å². The summed E-state index contributed by atoms with van der Waals surface area (Å²) < 4.78 is 25.5. The number of nitriles is 1. The molecular formula is C23H31NO3S. The van der Waals surface area contributed by atoms with Crippen LogP contribution in [0.3, 0.4) is 0 Å². The molecule has 3 rings (SSSR count). The van der Waals surface area contributed by atoms with Crippen molar-refractivity contribution < 1.29 is 13.2 Å². The Bertz CT molecular complexity index is 777. The molecule has 1 aromatic rings. The number of sulfone groups is 1.